The number of nitrogens with zero attached hydrogens (tertiary/aromatic N) is 4. The fourth-order valence-corrected chi connectivity index (χ4v) is 0.610. The maximum Gasteiger partial charge on any atom is 0.115 e. The quantitative estimate of drug-likeness (QED) is 0.603. The largest absolute Gasteiger partial charge is 0.245 e. The fourth-order valence-electron chi connectivity index (χ4n) is 0.610. The van der Waals surface area contributed by atoms with E-state index in [4.69, 9.17) is 0 Å². The Kier molecular flexibility index (Phi) is 4.10. The topological polar surface area (TPSA) is 51.6 Å². The number of hydrogen-bond donors (Lipinski definition) is 0. The Balaban J connectivity index is 0.000000132. The summed E-state index contributed by atoms with van der Waals surface area (Å²) in [6.45, 7) is 1.93. The van der Waals surface area contributed by atoms with Gasteiger partial charge in [-0.1, -0.05) is 0 Å². The Morgan fingerprint density at radius 2 is 1.62 bits per heavy atom. The van der Waals surface area contributed by atoms with Crippen molar-refractivity contribution < 1.29 is 0 Å². The van der Waals surface area contributed by atoms with Crippen molar-refractivity contribution in [3.8, 4) is 0 Å². The molecule has 0 atom stereocenters. The summed E-state index contributed by atoms with van der Waals surface area (Å²) in [5, 5.41) is 0. The highest BCUT2D eigenvalue weighted by atomic mass is 14.8. The second kappa shape index (κ2) is 5.77. The van der Waals surface area contributed by atoms with E-state index in [1.807, 2.05) is 13.0 Å². The molecular weight excluding hydrogens is 164 g/mol. The predicted molar refractivity (Wildman–Crippen MR) is 48.8 cm³/mol. The van der Waals surface area contributed by atoms with Crippen LogP contribution < -0.4 is 0 Å². The van der Waals surface area contributed by atoms with Gasteiger partial charge < -0.3 is 0 Å². The van der Waals surface area contributed by atoms with Gasteiger partial charge in [-0.3, -0.25) is 0 Å². The summed E-state index contributed by atoms with van der Waals surface area (Å²) in [6, 6.07) is 3.64. The molecule has 0 saturated heterocycles. The van der Waals surface area contributed by atoms with Gasteiger partial charge in [0.15, 0.2) is 0 Å². The second-order valence-corrected chi connectivity index (χ2v) is 2.25. The van der Waals surface area contributed by atoms with Crippen LogP contribution in [0.1, 0.15) is 5.69 Å². The van der Waals surface area contributed by atoms with Gasteiger partial charge in [0.1, 0.15) is 12.7 Å². The molecular formula is C9H10N4. The minimum Gasteiger partial charge on any atom is -0.245 e. The molecule has 2 rings (SSSR count). The average Bonchev–Trinajstić information content (AvgIpc) is 2.22. The molecule has 0 bridgehead atoms. The van der Waals surface area contributed by atoms with Crippen LogP contribution in [0.2, 0.25) is 0 Å². The van der Waals surface area contributed by atoms with Crippen molar-refractivity contribution in [3.63, 3.8) is 0 Å². The third kappa shape index (κ3) is 4.58. The van der Waals surface area contributed by atoms with Crippen LogP contribution in [-0.2, 0) is 0 Å². The highest BCUT2D eigenvalue weighted by Crippen LogP contribution is 1.82. The lowest BCUT2D eigenvalue weighted by atomic mass is 10.5. The zero-order chi connectivity index (χ0) is 9.36. The average molecular weight is 174 g/mol. The molecule has 0 amide bonds. The van der Waals surface area contributed by atoms with Gasteiger partial charge in [0.25, 0.3) is 0 Å². The first-order valence-electron chi connectivity index (χ1n) is 3.82. The van der Waals surface area contributed by atoms with E-state index in [-0.39, 0.29) is 0 Å². The van der Waals surface area contributed by atoms with E-state index in [1.165, 1.54) is 12.7 Å². The zero-order valence-electron chi connectivity index (χ0n) is 7.33. The Hall–Kier alpha value is -1.84. The van der Waals surface area contributed by atoms with Gasteiger partial charge in [-0.15, -0.1) is 0 Å². The summed E-state index contributed by atoms with van der Waals surface area (Å²) in [6.07, 6.45) is 8.14. The fraction of sp³-hybridized carbons (Fsp3) is 0.111. The number of aromatic nitrogens is 4. The van der Waals surface area contributed by atoms with E-state index in [9.17, 15) is 0 Å². The standard InChI is InChI=1S/C5H6N2.C4H4N2/c1-5-2-3-6-4-7-5;1-2-5-4-6-3-1/h2-4H,1H3;1-4H. The van der Waals surface area contributed by atoms with Crippen molar-refractivity contribution in [2.24, 2.45) is 0 Å². The lowest BCUT2D eigenvalue weighted by molar-refractivity contribution is 1.10. The zero-order valence-corrected chi connectivity index (χ0v) is 7.33. The molecule has 0 spiro atoms. The van der Waals surface area contributed by atoms with Gasteiger partial charge in [-0.25, -0.2) is 19.9 Å². The highest BCUT2D eigenvalue weighted by molar-refractivity contribution is 4.92. The second-order valence-electron chi connectivity index (χ2n) is 2.25. The Morgan fingerprint density at radius 1 is 0.923 bits per heavy atom. The van der Waals surface area contributed by atoms with Crippen LogP contribution in [0, 0.1) is 6.92 Å². The van der Waals surface area contributed by atoms with Crippen LogP contribution in [0.25, 0.3) is 0 Å². The molecule has 2 heterocycles. The Morgan fingerprint density at radius 3 is 1.85 bits per heavy atom. The first kappa shape index (κ1) is 9.25. The molecule has 0 unspecified atom stereocenters. The van der Waals surface area contributed by atoms with Gasteiger partial charge in [-0.05, 0) is 19.1 Å². The molecule has 13 heavy (non-hydrogen) atoms. The molecule has 66 valence electrons. The smallest absolute Gasteiger partial charge is 0.115 e. The van der Waals surface area contributed by atoms with Crippen LogP contribution in [0.5, 0.6) is 0 Å². The van der Waals surface area contributed by atoms with Crippen molar-refractivity contribution in [1.82, 2.24) is 19.9 Å². The molecule has 0 fully saturated rings. The summed E-state index contributed by atoms with van der Waals surface area (Å²) in [5.74, 6) is 0. The molecule has 4 nitrogen and oxygen atoms in total. The van der Waals surface area contributed by atoms with E-state index in [0.717, 1.165) is 5.69 Å². The maximum atomic E-state index is 3.87. The van der Waals surface area contributed by atoms with Crippen molar-refractivity contribution in [1.29, 1.82) is 0 Å². The number of hydrogen-bond acceptors (Lipinski definition) is 4. The van der Waals surface area contributed by atoms with Crippen LogP contribution in [0.4, 0.5) is 0 Å². The van der Waals surface area contributed by atoms with Gasteiger partial charge in [-0.2, -0.15) is 0 Å². The Bertz CT molecular complexity index is 282. The summed E-state index contributed by atoms with van der Waals surface area (Å²) in [5.41, 5.74) is 1.01. The third-order valence-electron chi connectivity index (χ3n) is 1.21. The van der Waals surface area contributed by atoms with Crippen molar-refractivity contribution in [2.45, 2.75) is 6.92 Å². The maximum absolute atomic E-state index is 3.87. The summed E-state index contributed by atoms with van der Waals surface area (Å²) in [7, 11) is 0. The van der Waals surface area contributed by atoms with Gasteiger partial charge in [0.05, 0.1) is 0 Å². The molecule has 0 saturated carbocycles. The van der Waals surface area contributed by atoms with Crippen LogP contribution in [0.3, 0.4) is 0 Å². The minimum atomic E-state index is 1.01. The summed E-state index contributed by atoms with van der Waals surface area (Å²) in [4.78, 5) is 14.9. The normalized spacial score (nSPS) is 8.38. The molecule has 4 heteroatoms. The van der Waals surface area contributed by atoms with E-state index < -0.39 is 0 Å². The number of aryl methyl sites for hydroxylation is 1. The van der Waals surface area contributed by atoms with Crippen LogP contribution in [0.15, 0.2) is 43.4 Å². The van der Waals surface area contributed by atoms with Crippen molar-refractivity contribution >= 4 is 0 Å². The Labute approximate surface area is 76.7 Å². The van der Waals surface area contributed by atoms with E-state index >= 15 is 0 Å². The van der Waals surface area contributed by atoms with E-state index in [1.54, 1.807) is 24.7 Å². The van der Waals surface area contributed by atoms with E-state index in [0.29, 0.717) is 0 Å². The SMILES string of the molecule is Cc1ccncn1.c1cncnc1. The first-order chi connectivity index (χ1) is 6.39. The third-order valence-corrected chi connectivity index (χ3v) is 1.21. The summed E-state index contributed by atoms with van der Waals surface area (Å²) < 4.78 is 0. The molecule has 0 aromatic carbocycles. The molecule has 0 aliphatic heterocycles. The highest BCUT2D eigenvalue weighted by Gasteiger charge is 1.74. The molecule has 0 aliphatic carbocycles. The lowest BCUT2D eigenvalue weighted by Crippen LogP contribution is -1.77. The monoisotopic (exact) mass is 174 g/mol. The van der Waals surface area contributed by atoms with Gasteiger partial charge in [0, 0.05) is 24.3 Å². The molecule has 0 radical (unpaired) electrons. The molecule has 2 aromatic heterocycles. The van der Waals surface area contributed by atoms with Crippen molar-refractivity contribution in [2.75, 3.05) is 0 Å². The van der Waals surface area contributed by atoms with E-state index in [2.05, 4.69) is 19.9 Å². The number of rotatable bonds is 0. The van der Waals surface area contributed by atoms with Gasteiger partial charge in [0.2, 0.25) is 0 Å². The molecule has 0 N–H and O–H groups in total. The predicted octanol–water partition coefficient (Wildman–Crippen LogP) is 1.26. The first-order valence-corrected chi connectivity index (χ1v) is 3.82. The molecule has 0 aliphatic rings. The lowest BCUT2D eigenvalue weighted by Gasteiger charge is -1.81. The van der Waals surface area contributed by atoms with Crippen LogP contribution in [-0.4, -0.2) is 19.9 Å². The van der Waals surface area contributed by atoms with Crippen LogP contribution >= 0.6 is 0 Å². The molecule has 2 aromatic rings. The van der Waals surface area contributed by atoms with Crippen molar-refractivity contribution in [3.05, 3.63) is 49.1 Å². The van der Waals surface area contributed by atoms with Gasteiger partial charge >= 0.3 is 0 Å². The summed E-state index contributed by atoms with van der Waals surface area (Å²) >= 11 is 0. The minimum absolute atomic E-state index is 1.01.